The quantitative estimate of drug-likeness (QED) is 0.844. The molecule has 1 aromatic carbocycles. The molecule has 0 radical (unpaired) electrons. The highest BCUT2D eigenvalue weighted by Crippen LogP contribution is 2.43. The van der Waals surface area contributed by atoms with E-state index in [4.69, 9.17) is 14.2 Å². The Morgan fingerprint density at radius 1 is 1.17 bits per heavy atom. The molecule has 0 aliphatic carbocycles. The summed E-state index contributed by atoms with van der Waals surface area (Å²) in [5.41, 5.74) is 1.07. The van der Waals surface area contributed by atoms with E-state index in [1.165, 1.54) is 0 Å². The molecule has 0 bridgehead atoms. The molecule has 5 heteroatoms. The van der Waals surface area contributed by atoms with Crippen LogP contribution in [0.2, 0.25) is 0 Å². The van der Waals surface area contributed by atoms with Gasteiger partial charge in [-0.1, -0.05) is 0 Å². The molecule has 1 saturated heterocycles. The third-order valence-corrected chi connectivity index (χ3v) is 3.29. The molecule has 1 N–H and O–H groups in total. The summed E-state index contributed by atoms with van der Waals surface area (Å²) in [6.45, 7) is 5.14. The molecule has 0 unspecified atom stereocenters. The van der Waals surface area contributed by atoms with Gasteiger partial charge in [0.2, 0.25) is 0 Å². The molecule has 2 heterocycles. The average molecular weight is 250 g/mol. The van der Waals surface area contributed by atoms with E-state index in [9.17, 15) is 0 Å². The van der Waals surface area contributed by atoms with Crippen molar-refractivity contribution in [3.8, 4) is 17.2 Å². The number of ether oxygens (including phenoxy) is 3. The Morgan fingerprint density at radius 3 is 2.72 bits per heavy atom. The van der Waals surface area contributed by atoms with Crippen molar-refractivity contribution in [3.05, 3.63) is 12.1 Å². The van der Waals surface area contributed by atoms with Gasteiger partial charge in [0.25, 0.3) is 0 Å². The maximum absolute atomic E-state index is 5.76. The van der Waals surface area contributed by atoms with E-state index >= 15 is 0 Å². The number of hydrogen-bond donors (Lipinski definition) is 1. The summed E-state index contributed by atoms with van der Waals surface area (Å²) in [4.78, 5) is 2.31. The Bertz CT molecular complexity index is 430. The van der Waals surface area contributed by atoms with E-state index in [1.807, 2.05) is 12.1 Å². The molecule has 2 aliphatic heterocycles. The first-order valence-corrected chi connectivity index (χ1v) is 6.32. The van der Waals surface area contributed by atoms with Crippen LogP contribution in [-0.4, -0.2) is 46.5 Å². The van der Waals surface area contributed by atoms with Crippen LogP contribution < -0.4 is 24.4 Å². The summed E-state index contributed by atoms with van der Waals surface area (Å²) < 4.78 is 16.7. The van der Waals surface area contributed by atoms with Gasteiger partial charge in [-0.15, -0.1) is 0 Å². The van der Waals surface area contributed by atoms with Crippen LogP contribution in [0.1, 0.15) is 0 Å². The van der Waals surface area contributed by atoms with Crippen LogP contribution in [0.4, 0.5) is 5.69 Å². The standard InChI is InChI=1S/C13H18N2O3/c1-16-10-8-11(15-4-2-14-3-5-15)13-12(9-10)17-6-7-18-13/h8-9,14H,2-7H2,1H3. The molecule has 1 aromatic rings. The number of benzene rings is 1. The first-order valence-electron chi connectivity index (χ1n) is 6.32. The molecular weight excluding hydrogens is 232 g/mol. The number of piperazine rings is 1. The lowest BCUT2D eigenvalue weighted by molar-refractivity contribution is 0.171. The Hall–Kier alpha value is -1.62. The second kappa shape index (κ2) is 4.94. The molecule has 3 rings (SSSR count). The Labute approximate surface area is 107 Å². The van der Waals surface area contributed by atoms with Gasteiger partial charge in [0, 0.05) is 38.3 Å². The van der Waals surface area contributed by atoms with E-state index in [0.29, 0.717) is 13.2 Å². The smallest absolute Gasteiger partial charge is 0.184 e. The van der Waals surface area contributed by atoms with Gasteiger partial charge in [-0.3, -0.25) is 0 Å². The van der Waals surface area contributed by atoms with Crippen molar-refractivity contribution in [3.63, 3.8) is 0 Å². The summed E-state index contributed by atoms with van der Waals surface area (Å²) in [6.07, 6.45) is 0. The zero-order valence-electron chi connectivity index (χ0n) is 10.6. The third kappa shape index (κ3) is 2.06. The van der Waals surface area contributed by atoms with Gasteiger partial charge >= 0.3 is 0 Å². The van der Waals surface area contributed by atoms with Gasteiger partial charge in [0.05, 0.1) is 12.8 Å². The fourth-order valence-corrected chi connectivity index (χ4v) is 2.37. The van der Waals surface area contributed by atoms with Gasteiger partial charge in [0.15, 0.2) is 11.5 Å². The summed E-state index contributed by atoms with van der Waals surface area (Å²) in [5, 5.41) is 3.35. The number of nitrogens with zero attached hydrogens (tertiary/aromatic N) is 1. The van der Waals surface area contributed by atoms with Crippen molar-refractivity contribution in [2.75, 3.05) is 51.4 Å². The summed E-state index contributed by atoms with van der Waals surface area (Å²) in [5.74, 6) is 2.45. The molecule has 0 saturated carbocycles. The zero-order chi connectivity index (χ0) is 12.4. The van der Waals surface area contributed by atoms with Crippen molar-refractivity contribution in [1.29, 1.82) is 0 Å². The molecule has 1 fully saturated rings. The van der Waals surface area contributed by atoms with Gasteiger partial charge < -0.3 is 24.4 Å². The predicted octanol–water partition coefficient (Wildman–Crippen LogP) is 0.876. The van der Waals surface area contributed by atoms with Crippen LogP contribution >= 0.6 is 0 Å². The first-order chi connectivity index (χ1) is 8.88. The fraction of sp³-hybridized carbons (Fsp3) is 0.538. The molecule has 5 nitrogen and oxygen atoms in total. The maximum Gasteiger partial charge on any atom is 0.184 e. The van der Waals surface area contributed by atoms with Crippen LogP contribution in [0.3, 0.4) is 0 Å². The van der Waals surface area contributed by atoms with E-state index in [0.717, 1.165) is 49.1 Å². The van der Waals surface area contributed by atoms with E-state index < -0.39 is 0 Å². The van der Waals surface area contributed by atoms with Gasteiger partial charge in [0.1, 0.15) is 19.0 Å². The van der Waals surface area contributed by atoms with E-state index in [2.05, 4.69) is 10.2 Å². The Balaban J connectivity index is 1.99. The van der Waals surface area contributed by atoms with Gasteiger partial charge in [-0.05, 0) is 0 Å². The fourth-order valence-electron chi connectivity index (χ4n) is 2.37. The summed E-state index contributed by atoms with van der Waals surface area (Å²) in [6, 6.07) is 3.92. The van der Waals surface area contributed by atoms with Crippen LogP contribution in [0.25, 0.3) is 0 Å². The average Bonchev–Trinajstić information content (AvgIpc) is 2.47. The van der Waals surface area contributed by atoms with Crippen LogP contribution in [0, 0.1) is 0 Å². The Morgan fingerprint density at radius 2 is 1.94 bits per heavy atom. The van der Waals surface area contributed by atoms with Crippen LogP contribution in [0.15, 0.2) is 12.1 Å². The van der Waals surface area contributed by atoms with Crippen molar-refractivity contribution >= 4 is 5.69 Å². The minimum atomic E-state index is 0.598. The van der Waals surface area contributed by atoms with Crippen LogP contribution in [0.5, 0.6) is 17.2 Å². The summed E-state index contributed by atoms with van der Waals surface area (Å²) in [7, 11) is 1.67. The minimum absolute atomic E-state index is 0.598. The van der Waals surface area contributed by atoms with E-state index in [-0.39, 0.29) is 0 Å². The zero-order valence-corrected chi connectivity index (χ0v) is 10.6. The molecule has 0 spiro atoms. The number of anilines is 1. The van der Waals surface area contributed by atoms with Gasteiger partial charge in [-0.25, -0.2) is 0 Å². The summed E-state index contributed by atoms with van der Waals surface area (Å²) >= 11 is 0. The second-order valence-corrected chi connectivity index (χ2v) is 4.41. The normalized spacial score (nSPS) is 18.6. The number of rotatable bonds is 2. The molecule has 98 valence electrons. The van der Waals surface area contributed by atoms with Crippen molar-refractivity contribution < 1.29 is 14.2 Å². The predicted molar refractivity (Wildman–Crippen MR) is 69.1 cm³/mol. The van der Waals surface area contributed by atoms with Crippen LogP contribution in [-0.2, 0) is 0 Å². The third-order valence-electron chi connectivity index (χ3n) is 3.29. The molecular formula is C13H18N2O3. The molecule has 18 heavy (non-hydrogen) atoms. The lowest BCUT2D eigenvalue weighted by atomic mass is 10.2. The topological polar surface area (TPSA) is 43.0 Å². The highest BCUT2D eigenvalue weighted by atomic mass is 16.6. The lowest BCUT2D eigenvalue weighted by Crippen LogP contribution is -2.43. The molecule has 0 aromatic heterocycles. The first kappa shape index (κ1) is 11.5. The van der Waals surface area contributed by atoms with Crippen molar-refractivity contribution in [2.24, 2.45) is 0 Å². The minimum Gasteiger partial charge on any atom is -0.497 e. The van der Waals surface area contributed by atoms with E-state index in [1.54, 1.807) is 7.11 Å². The van der Waals surface area contributed by atoms with Gasteiger partial charge in [-0.2, -0.15) is 0 Å². The van der Waals surface area contributed by atoms with Crippen molar-refractivity contribution in [1.82, 2.24) is 5.32 Å². The SMILES string of the molecule is COc1cc2c(c(N3CCNCC3)c1)OCCO2. The maximum atomic E-state index is 5.76. The lowest BCUT2D eigenvalue weighted by Gasteiger charge is -2.32. The van der Waals surface area contributed by atoms with Crippen molar-refractivity contribution in [2.45, 2.75) is 0 Å². The highest BCUT2D eigenvalue weighted by molar-refractivity contribution is 5.68. The Kier molecular flexibility index (Phi) is 3.15. The second-order valence-electron chi connectivity index (χ2n) is 4.41. The largest absolute Gasteiger partial charge is 0.497 e. The monoisotopic (exact) mass is 250 g/mol. The molecule has 0 atom stereocenters. The number of methoxy groups -OCH3 is 1. The molecule has 0 amide bonds. The molecule has 2 aliphatic rings. The number of nitrogens with one attached hydrogen (secondary N) is 1. The number of hydrogen-bond acceptors (Lipinski definition) is 5. The number of fused-ring (bicyclic) bond motifs is 1. The highest BCUT2D eigenvalue weighted by Gasteiger charge is 2.22.